The summed E-state index contributed by atoms with van der Waals surface area (Å²) >= 11 is 1.39. The quantitative estimate of drug-likeness (QED) is 0.374. The molecule has 0 radical (unpaired) electrons. The van der Waals surface area contributed by atoms with Gasteiger partial charge < -0.3 is 15.4 Å². The van der Waals surface area contributed by atoms with E-state index >= 15 is 0 Å². The van der Waals surface area contributed by atoms with Crippen molar-refractivity contribution >= 4 is 23.8 Å². The number of carbonyl (C=O) groups is 2. The van der Waals surface area contributed by atoms with Gasteiger partial charge in [0, 0.05) is 22.7 Å². The highest BCUT2D eigenvalue weighted by Gasteiger charge is 2.25. The number of aromatic nitrogens is 3. The topological polar surface area (TPSA) is 98.1 Å². The molecule has 0 saturated heterocycles. The molecule has 0 atom stereocenters. The number of rotatable bonds is 7. The fraction of sp³-hybridized carbons (Fsp3) is 0.308. The Balaban J connectivity index is 1.69. The molecule has 0 aliphatic carbocycles. The molecule has 2 aromatic carbocycles. The minimum absolute atomic E-state index is 0.0519. The Morgan fingerprint density at radius 3 is 2.46 bits per heavy atom. The minimum Gasteiger partial charge on any atom is -0.463 e. The van der Waals surface area contributed by atoms with E-state index in [0.29, 0.717) is 28.0 Å². The Labute approximate surface area is 209 Å². The first-order valence-corrected chi connectivity index (χ1v) is 12.4. The number of benzene rings is 2. The van der Waals surface area contributed by atoms with Gasteiger partial charge in [-0.2, -0.15) is 0 Å². The Bertz CT molecular complexity index is 1240. The Morgan fingerprint density at radius 1 is 1.09 bits per heavy atom. The predicted molar refractivity (Wildman–Crippen MR) is 136 cm³/mol. The summed E-state index contributed by atoms with van der Waals surface area (Å²) in [5, 5.41) is 15.0. The zero-order valence-corrected chi connectivity index (χ0v) is 21.1. The summed E-state index contributed by atoms with van der Waals surface area (Å²) in [6.07, 6.45) is 0. The lowest BCUT2D eigenvalue weighted by molar-refractivity contribution is -0.138. The molecule has 9 heteroatoms. The molecule has 2 N–H and O–H groups in total. The summed E-state index contributed by atoms with van der Waals surface area (Å²) in [4.78, 5) is 24.3. The highest BCUT2D eigenvalue weighted by atomic mass is 32.2. The number of amides is 2. The first-order valence-electron chi connectivity index (χ1n) is 11.5. The average Bonchev–Trinajstić information content (AvgIpc) is 3.27. The van der Waals surface area contributed by atoms with E-state index in [9.17, 15) is 9.59 Å². The third-order valence-electron chi connectivity index (χ3n) is 5.58. The number of thioether (sulfide) groups is 1. The standard InChI is InChI=1S/C26H29N5O3S/c1-5-34-23(32)20-15-27-24(33)28-21(20)16-35-25-30-29-22(31(25)19-9-7-6-8-10-19)17-11-13-18(14-12-17)26(2,3)4/h6-14H,5,15-16H2,1-4H3,(H2,27,28,33). The molecule has 0 bridgehead atoms. The van der Waals surface area contributed by atoms with Gasteiger partial charge in [-0.05, 0) is 30.0 Å². The second-order valence-corrected chi connectivity index (χ2v) is 10.0. The number of para-hydroxylation sites is 1. The lowest BCUT2D eigenvalue weighted by Crippen LogP contribution is -2.44. The molecular formula is C26H29N5O3S. The van der Waals surface area contributed by atoms with Crippen molar-refractivity contribution in [3.8, 4) is 17.1 Å². The zero-order chi connectivity index (χ0) is 25.0. The summed E-state index contributed by atoms with van der Waals surface area (Å²) in [5.41, 5.74) is 4.07. The SMILES string of the molecule is CCOC(=O)C1=C(CSc2nnc(-c3ccc(C(C)(C)C)cc3)n2-c2ccccc2)NC(=O)NC1. The van der Waals surface area contributed by atoms with Crippen LogP contribution in [-0.4, -0.2) is 45.7 Å². The van der Waals surface area contributed by atoms with E-state index in [-0.39, 0.29) is 24.6 Å². The van der Waals surface area contributed by atoms with E-state index in [4.69, 9.17) is 4.74 Å². The Hall–Kier alpha value is -3.59. The zero-order valence-electron chi connectivity index (χ0n) is 20.3. The Kier molecular flexibility index (Phi) is 7.25. The van der Waals surface area contributed by atoms with Crippen molar-refractivity contribution in [1.82, 2.24) is 25.4 Å². The summed E-state index contributed by atoms with van der Waals surface area (Å²) in [7, 11) is 0. The van der Waals surface area contributed by atoms with Crippen molar-refractivity contribution in [2.75, 3.05) is 18.9 Å². The predicted octanol–water partition coefficient (Wildman–Crippen LogP) is 4.45. The van der Waals surface area contributed by atoms with E-state index in [2.05, 4.69) is 65.9 Å². The monoisotopic (exact) mass is 491 g/mol. The molecule has 4 rings (SSSR count). The molecule has 0 spiro atoms. The van der Waals surface area contributed by atoms with E-state index in [1.807, 2.05) is 34.9 Å². The fourth-order valence-corrected chi connectivity index (χ4v) is 4.62. The van der Waals surface area contributed by atoms with Crippen LogP contribution in [0, 0.1) is 0 Å². The number of nitrogens with zero attached hydrogens (tertiary/aromatic N) is 3. The molecule has 182 valence electrons. The van der Waals surface area contributed by atoms with Gasteiger partial charge in [-0.15, -0.1) is 10.2 Å². The highest BCUT2D eigenvalue weighted by Crippen LogP contribution is 2.31. The summed E-state index contributed by atoms with van der Waals surface area (Å²) in [5.74, 6) is 0.600. The number of nitrogens with one attached hydrogen (secondary N) is 2. The van der Waals surface area contributed by atoms with Gasteiger partial charge in [0.15, 0.2) is 11.0 Å². The van der Waals surface area contributed by atoms with Crippen molar-refractivity contribution in [3.05, 3.63) is 71.4 Å². The average molecular weight is 492 g/mol. The van der Waals surface area contributed by atoms with Crippen molar-refractivity contribution in [3.63, 3.8) is 0 Å². The third kappa shape index (κ3) is 5.57. The molecule has 35 heavy (non-hydrogen) atoms. The molecule has 0 fully saturated rings. The molecule has 0 unspecified atom stereocenters. The number of esters is 1. The minimum atomic E-state index is -0.445. The molecular weight excluding hydrogens is 462 g/mol. The first kappa shape index (κ1) is 24.5. The number of carbonyl (C=O) groups excluding carboxylic acids is 2. The number of hydrogen-bond donors (Lipinski definition) is 2. The van der Waals surface area contributed by atoms with Gasteiger partial charge in [-0.25, -0.2) is 9.59 Å². The lowest BCUT2D eigenvalue weighted by atomic mass is 9.87. The van der Waals surface area contributed by atoms with Gasteiger partial charge in [0.25, 0.3) is 0 Å². The van der Waals surface area contributed by atoms with Crippen LogP contribution in [-0.2, 0) is 14.9 Å². The van der Waals surface area contributed by atoms with Crippen LogP contribution in [0.4, 0.5) is 4.79 Å². The van der Waals surface area contributed by atoms with Gasteiger partial charge in [0.1, 0.15) is 0 Å². The van der Waals surface area contributed by atoms with E-state index in [0.717, 1.165) is 11.3 Å². The second kappa shape index (κ2) is 10.4. The van der Waals surface area contributed by atoms with Gasteiger partial charge in [-0.3, -0.25) is 4.57 Å². The molecule has 1 aliphatic heterocycles. The van der Waals surface area contributed by atoms with Crippen molar-refractivity contribution in [2.24, 2.45) is 0 Å². The maximum Gasteiger partial charge on any atom is 0.337 e. The first-order chi connectivity index (χ1) is 16.8. The Morgan fingerprint density at radius 2 is 1.80 bits per heavy atom. The van der Waals surface area contributed by atoms with Gasteiger partial charge >= 0.3 is 12.0 Å². The van der Waals surface area contributed by atoms with E-state index in [1.165, 1.54) is 17.3 Å². The van der Waals surface area contributed by atoms with Crippen LogP contribution in [0.1, 0.15) is 33.3 Å². The largest absolute Gasteiger partial charge is 0.463 e. The fourth-order valence-electron chi connectivity index (χ4n) is 3.69. The summed E-state index contributed by atoms with van der Waals surface area (Å²) in [6, 6.07) is 17.9. The molecule has 1 aliphatic rings. The molecule has 1 aromatic heterocycles. The maximum atomic E-state index is 12.4. The number of ether oxygens (including phenoxy) is 1. The lowest BCUT2D eigenvalue weighted by Gasteiger charge is -2.21. The summed E-state index contributed by atoms with van der Waals surface area (Å²) in [6.45, 7) is 8.68. The molecule has 2 amide bonds. The van der Waals surface area contributed by atoms with Crippen LogP contribution in [0.2, 0.25) is 0 Å². The van der Waals surface area contributed by atoms with Crippen molar-refractivity contribution in [1.29, 1.82) is 0 Å². The molecule has 2 heterocycles. The van der Waals surface area contributed by atoms with Crippen LogP contribution < -0.4 is 10.6 Å². The van der Waals surface area contributed by atoms with Gasteiger partial charge in [0.2, 0.25) is 0 Å². The highest BCUT2D eigenvalue weighted by molar-refractivity contribution is 7.99. The third-order valence-corrected chi connectivity index (χ3v) is 6.53. The second-order valence-electron chi connectivity index (χ2n) is 9.08. The number of hydrogen-bond acceptors (Lipinski definition) is 6. The molecule has 0 saturated carbocycles. The van der Waals surface area contributed by atoms with Crippen LogP contribution in [0.3, 0.4) is 0 Å². The van der Waals surface area contributed by atoms with Gasteiger partial charge in [-0.1, -0.05) is 75.0 Å². The van der Waals surface area contributed by atoms with Crippen LogP contribution >= 0.6 is 11.8 Å². The molecule has 3 aromatic rings. The van der Waals surface area contributed by atoms with Crippen LogP contribution in [0.15, 0.2) is 71.0 Å². The number of urea groups is 1. The van der Waals surface area contributed by atoms with Crippen molar-refractivity contribution in [2.45, 2.75) is 38.3 Å². The van der Waals surface area contributed by atoms with Crippen LogP contribution in [0.25, 0.3) is 17.1 Å². The van der Waals surface area contributed by atoms with Crippen LogP contribution in [0.5, 0.6) is 0 Å². The van der Waals surface area contributed by atoms with E-state index < -0.39 is 5.97 Å². The summed E-state index contributed by atoms with van der Waals surface area (Å²) < 4.78 is 7.15. The normalized spacial score (nSPS) is 13.9. The maximum absolute atomic E-state index is 12.4. The van der Waals surface area contributed by atoms with Crippen molar-refractivity contribution < 1.29 is 14.3 Å². The van der Waals surface area contributed by atoms with E-state index in [1.54, 1.807) is 6.92 Å². The van der Waals surface area contributed by atoms with Gasteiger partial charge in [0.05, 0.1) is 18.7 Å². The molecule has 8 nitrogen and oxygen atoms in total. The smallest absolute Gasteiger partial charge is 0.337 e.